The van der Waals surface area contributed by atoms with Crippen molar-refractivity contribution in [2.45, 2.75) is 43.9 Å². The Balaban J connectivity index is 1.13. The number of alkyl halides is 3. The molecule has 1 fully saturated rings. The van der Waals surface area contributed by atoms with Crippen molar-refractivity contribution >= 4 is 17.5 Å². The van der Waals surface area contributed by atoms with Gasteiger partial charge in [-0.25, -0.2) is 4.98 Å². The Morgan fingerprint density at radius 1 is 1.11 bits per heavy atom. The standard InChI is InChI=1S/C26H20F3N3O4/c27-26(28,29)13-5-7-30-14(9-13)10-15(33)11-19-23-18-12-16(1-3-20(18)36-24(19)23)35-21-6-8-31-25-17(21)2-4-22(34)32-25/h1,3,5-9,12,19,23-24H,2,4,10-11H2,(H,31,32,34)/t19-,23-,24+/m0/s1. The van der Waals surface area contributed by atoms with Gasteiger partial charge in [0.2, 0.25) is 5.91 Å². The first kappa shape index (κ1) is 22.5. The van der Waals surface area contributed by atoms with Gasteiger partial charge in [-0.3, -0.25) is 14.6 Å². The number of hydrogen-bond donors (Lipinski definition) is 1. The van der Waals surface area contributed by atoms with E-state index in [2.05, 4.69) is 15.3 Å². The van der Waals surface area contributed by atoms with Gasteiger partial charge in [0, 0.05) is 60.3 Å². The molecule has 1 amide bonds. The highest BCUT2D eigenvalue weighted by atomic mass is 19.4. The Morgan fingerprint density at radius 2 is 1.94 bits per heavy atom. The Morgan fingerprint density at radius 3 is 2.78 bits per heavy atom. The van der Waals surface area contributed by atoms with Gasteiger partial charge in [0.05, 0.1) is 5.56 Å². The highest BCUT2D eigenvalue weighted by molar-refractivity contribution is 5.93. The fraction of sp³-hybridized carbons (Fsp3) is 0.308. The van der Waals surface area contributed by atoms with E-state index in [1.165, 1.54) is 0 Å². The summed E-state index contributed by atoms with van der Waals surface area (Å²) in [7, 11) is 0. The molecule has 3 aromatic rings. The smallest absolute Gasteiger partial charge is 0.416 e. The normalized spacial score (nSPS) is 21.5. The average Bonchev–Trinajstić information content (AvgIpc) is 3.34. The number of Topliss-reactive ketones (excluding diaryl/α,β-unsaturated/α-hetero) is 1. The van der Waals surface area contributed by atoms with Crippen LogP contribution in [0.5, 0.6) is 17.2 Å². The van der Waals surface area contributed by atoms with E-state index in [4.69, 9.17) is 9.47 Å². The zero-order valence-electron chi connectivity index (χ0n) is 18.8. The summed E-state index contributed by atoms with van der Waals surface area (Å²) < 4.78 is 50.9. The summed E-state index contributed by atoms with van der Waals surface area (Å²) in [6, 6.07) is 9.09. The molecule has 2 aliphatic heterocycles. The minimum Gasteiger partial charge on any atom is -0.489 e. The lowest BCUT2D eigenvalue weighted by atomic mass is 10.0. The number of pyridine rings is 2. The Bertz CT molecular complexity index is 1390. The highest BCUT2D eigenvalue weighted by Crippen LogP contribution is 2.60. The molecule has 1 aromatic carbocycles. The fourth-order valence-corrected chi connectivity index (χ4v) is 5.03. The number of rotatable bonds is 6. The van der Waals surface area contributed by atoms with Gasteiger partial charge in [-0.1, -0.05) is 0 Å². The molecule has 10 heteroatoms. The first-order valence-corrected chi connectivity index (χ1v) is 11.6. The number of nitrogens with zero attached hydrogens (tertiary/aromatic N) is 2. The number of aromatic nitrogens is 2. The molecule has 2 aromatic heterocycles. The molecule has 3 aliphatic rings. The third-order valence-corrected chi connectivity index (χ3v) is 6.79. The molecule has 4 heterocycles. The number of carbonyl (C=O) groups excluding carboxylic acids is 2. The molecule has 184 valence electrons. The number of fused-ring (bicyclic) bond motifs is 4. The summed E-state index contributed by atoms with van der Waals surface area (Å²) in [5, 5.41) is 2.75. The van der Waals surface area contributed by atoms with E-state index in [0.717, 1.165) is 35.2 Å². The maximum atomic E-state index is 12.9. The number of carbonyl (C=O) groups is 2. The van der Waals surface area contributed by atoms with Crippen molar-refractivity contribution in [3.8, 4) is 17.2 Å². The average molecular weight is 495 g/mol. The molecular formula is C26H20F3N3O4. The zero-order valence-corrected chi connectivity index (χ0v) is 18.8. The van der Waals surface area contributed by atoms with Crippen LogP contribution in [0, 0.1) is 5.92 Å². The predicted octanol–water partition coefficient (Wildman–Crippen LogP) is 4.85. The van der Waals surface area contributed by atoms with Gasteiger partial charge in [0.25, 0.3) is 0 Å². The number of ether oxygens (including phenoxy) is 2. The molecule has 1 N–H and O–H groups in total. The van der Waals surface area contributed by atoms with E-state index in [1.54, 1.807) is 18.3 Å². The highest BCUT2D eigenvalue weighted by Gasteiger charge is 2.59. The number of halogens is 3. The molecule has 7 nitrogen and oxygen atoms in total. The largest absolute Gasteiger partial charge is 0.489 e. The minimum atomic E-state index is -4.48. The third kappa shape index (κ3) is 4.16. The number of hydrogen-bond acceptors (Lipinski definition) is 6. The molecule has 0 radical (unpaired) electrons. The van der Waals surface area contributed by atoms with Crippen LogP contribution < -0.4 is 14.8 Å². The Hall–Kier alpha value is -3.95. The zero-order chi connectivity index (χ0) is 25.0. The van der Waals surface area contributed by atoms with Crippen molar-refractivity contribution < 1.29 is 32.2 Å². The van der Waals surface area contributed by atoms with Crippen LogP contribution in [0.3, 0.4) is 0 Å². The number of benzene rings is 1. The second-order valence-corrected chi connectivity index (χ2v) is 9.21. The SMILES string of the molecule is O=C(Cc1cc(C(F)(F)F)ccn1)C[C@@H]1[C@H]2Oc3ccc(Oc4ccnc5c4CCC(=O)N5)cc3[C@@H]12. The van der Waals surface area contributed by atoms with Gasteiger partial charge in [-0.05, 0) is 42.8 Å². The summed E-state index contributed by atoms with van der Waals surface area (Å²) in [6.07, 6.45) is -1.00. The lowest BCUT2D eigenvalue weighted by Gasteiger charge is -2.19. The summed E-state index contributed by atoms with van der Waals surface area (Å²) >= 11 is 0. The van der Waals surface area contributed by atoms with Gasteiger partial charge in [-0.15, -0.1) is 0 Å². The van der Waals surface area contributed by atoms with E-state index in [0.29, 0.717) is 30.2 Å². The van der Waals surface area contributed by atoms with E-state index >= 15 is 0 Å². The lowest BCUT2D eigenvalue weighted by Crippen LogP contribution is -2.20. The van der Waals surface area contributed by atoms with Crippen LogP contribution in [0.4, 0.5) is 19.0 Å². The van der Waals surface area contributed by atoms with Crippen LogP contribution in [0.25, 0.3) is 0 Å². The van der Waals surface area contributed by atoms with E-state index < -0.39 is 11.7 Å². The summed E-state index contributed by atoms with van der Waals surface area (Å²) in [5.41, 5.74) is 1.08. The maximum absolute atomic E-state index is 12.9. The van der Waals surface area contributed by atoms with Crippen LogP contribution >= 0.6 is 0 Å². The van der Waals surface area contributed by atoms with Gasteiger partial charge in [0.15, 0.2) is 0 Å². The first-order chi connectivity index (χ1) is 17.3. The summed E-state index contributed by atoms with van der Waals surface area (Å²) in [5.74, 6) is 2.21. The fourth-order valence-electron chi connectivity index (χ4n) is 5.03. The second-order valence-electron chi connectivity index (χ2n) is 9.21. The van der Waals surface area contributed by atoms with E-state index in [9.17, 15) is 22.8 Å². The molecule has 36 heavy (non-hydrogen) atoms. The van der Waals surface area contributed by atoms with Crippen LogP contribution in [0.2, 0.25) is 0 Å². The second kappa shape index (κ2) is 8.32. The monoisotopic (exact) mass is 495 g/mol. The van der Waals surface area contributed by atoms with Crippen molar-refractivity contribution in [3.63, 3.8) is 0 Å². The van der Waals surface area contributed by atoms with Crippen molar-refractivity contribution in [1.82, 2.24) is 9.97 Å². The lowest BCUT2D eigenvalue weighted by molar-refractivity contribution is -0.137. The van der Waals surface area contributed by atoms with Gasteiger partial charge < -0.3 is 14.8 Å². The van der Waals surface area contributed by atoms with E-state index in [-0.39, 0.29) is 48.2 Å². The molecule has 3 atom stereocenters. The number of nitrogens with one attached hydrogen (secondary N) is 1. The van der Waals surface area contributed by atoms with Crippen molar-refractivity contribution in [1.29, 1.82) is 0 Å². The van der Waals surface area contributed by atoms with Gasteiger partial charge >= 0.3 is 6.18 Å². The van der Waals surface area contributed by atoms with Crippen LogP contribution in [0.1, 0.15) is 41.1 Å². The third-order valence-electron chi connectivity index (χ3n) is 6.79. The Labute approximate surface area is 203 Å². The van der Waals surface area contributed by atoms with Crippen molar-refractivity contribution in [3.05, 3.63) is 71.2 Å². The molecule has 0 spiro atoms. The Kier molecular flexibility index (Phi) is 5.20. The number of amides is 1. The predicted molar refractivity (Wildman–Crippen MR) is 121 cm³/mol. The van der Waals surface area contributed by atoms with Gasteiger partial charge in [-0.2, -0.15) is 13.2 Å². The van der Waals surface area contributed by atoms with Crippen LogP contribution in [-0.4, -0.2) is 27.8 Å². The molecule has 1 saturated carbocycles. The van der Waals surface area contributed by atoms with Crippen LogP contribution in [-0.2, 0) is 28.6 Å². The molecule has 0 saturated heterocycles. The van der Waals surface area contributed by atoms with Crippen molar-refractivity contribution in [2.24, 2.45) is 5.92 Å². The van der Waals surface area contributed by atoms with E-state index in [1.807, 2.05) is 12.1 Å². The van der Waals surface area contributed by atoms with Gasteiger partial charge in [0.1, 0.15) is 35.0 Å². The van der Waals surface area contributed by atoms with Crippen molar-refractivity contribution in [2.75, 3.05) is 5.32 Å². The molecular weight excluding hydrogens is 475 g/mol. The molecule has 0 unspecified atom stereocenters. The number of anilines is 1. The maximum Gasteiger partial charge on any atom is 0.416 e. The topological polar surface area (TPSA) is 90.4 Å². The van der Waals surface area contributed by atoms with Crippen LogP contribution in [0.15, 0.2) is 48.8 Å². The minimum absolute atomic E-state index is 0.0325. The number of ketones is 1. The summed E-state index contributed by atoms with van der Waals surface area (Å²) in [6.45, 7) is 0. The molecule has 6 rings (SSSR count). The quantitative estimate of drug-likeness (QED) is 0.526. The first-order valence-electron chi connectivity index (χ1n) is 11.6. The molecule has 1 aliphatic carbocycles. The summed E-state index contributed by atoms with van der Waals surface area (Å²) in [4.78, 5) is 32.4. The molecule has 0 bridgehead atoms.